The van der Waals surface area contributed by atoms with Crippen LogP contribution >= 0.6 is 0 Å². The van der Waals surface area contributed by atoms with Crippen LogP contribution in [0, 0.1) is 5.82 Å². The van der Waals surface area contributed by atoms with E-state index in [9.17, 15) is 14.3 Å². The maximum atomic E-state index is 13.6. The molecule has 0 spiro atoms. The number of hydrogen-bond donors (Lipinski definition) is 1. The summed E-state index contributed by atoms with van der Waals surface area (Å²) in [6.45, 7) is 0. The highest BCUT2D eigenvalue weighted by Gasteiger charge is 2.17. The van der Waals surface area contributed by atoms with Gasteiger partial charge in [-0.1, -0.05) is 18.2 Å². The van der Waals surface area contributed by atoms with E-state index in [1.165, 1.54) is 11.0 Å². The van der Waals surface area contributed by atoms with Crippen molar-refractivity contribution in [3.8, 4) is 0 Å². The zero-order valence-corrected chi connectivity index (χ0v) is 13.4. The average Bonchev–Trinajstić information content (AvgIpc) is 2.54. The van der Waals surface area contributed by atoms with Gasteiger partial charge in [0.05, 0.1) is 17.4 Å². The Balaban J connectivity index is 2.02. The van der Waals surface area contributed by atoms with Crippen LogP contribution in [0.15, 0.2) is 42.6 Å². The number of nitrogens with zero attached hydrogens (tertiary/aromatic N) is 2. The van der Waals surface area contributed by atoms with E-state index in [1.54, 1.807) is 50.6 Å². The highest BCUT2D eigenvalue weighted by atomic mass is 19.1. The van der Waals surface area contributed by atoms with Crippen LogP contribution in [-0.2, 0) is 12.8 Å². The van der Waals surface area contributed by atoms with Gasteiger partial charge in [-0.3, -0.25) is 9.78 Å². The van der Waals surface area contributed by atoms with Crippen LogP contribution in [0.5, 0.6) is 0 Å². The Kier molecular flexibility index (Phi) is 5.82. The van der Waals surface area contributed by atoms with Gasteiger partial charge in [-0.2, -0.15) is 0 Å². The molecule has 0 aliphatic rings. The van der Waals surface area contributed by atoms with E-state index >= 15 is 0 Å². The summed E-state index contributed by atoms with van der Waals surface area (Å²) in [6.07, 6.45) is 2.04. The topological polar surface area (TPSA) is 53.4 Å². The van der Waals surface area contributed by atoms with Crippen LogP contribution in [0.4, 0.5) is 4.39 Å². The Morgan fingerprint density at radius 3 is 2.70 bits per heavy atom. The first kappa shape index (κ1) is 17.1. The summed E-state index contributed by atoms with van der Waals surface area (Å²) in [5, 5.41) is 10.2. The lowest BCUT2D eigenvalue weighted by Gasteiger charge is -2.15. The minimum Gasteiger partial charge on any atom is -0.393 e. The molecule has 1 amide bonds. The summed E-state index contributed by atoms with van der Waals surface area (Å²) in [7, 11) is 3.35. The van der Waals surface area contributed by atoms with Crippen LogP contribution < -0.4 is 0 Å². The lowest BCUT2D eigenvalue weighted by molar-refractivity contribution is 0.0824. The van der Waals surface area contributed by atoms with Crippen LogP contribution in [0.25, 0.3) is 0 Å². The highest BCUT2D eigenvalue weighted by Crippen LogP contribution is 2.15. The summed E-state index contributed by atoms with van der Waals surface area (Å²) in [6, 6.07) is 9.94. The molecule has 0 saturated heterocycles. The normalized spacial score (nSPS) is 12.0. The predicted octanol–water partition coefficient (Wildman–Crippen LogP) is 2.46. The standard InChI is InChI=1S/C18H21FN2O2/c1-21(2)18(23)15-7-5-11-20-17(15)12-14(22)10-9-13-6-3-4-8-16(13)19/h3-8,11,14,22H,9-10,12H2,1-2H3/t14-/m1/s1. The summed E-state index contributed by atoms with van der Waals surface area (Å²) in [4.78, 5) is 17.8. The number of pyridine rings is 1. The number of rotatable bonds is 6. The summed E-state index contributed by atoms with van der Waals surface area (Å²) < 4.78 is 13.6. The zero-order valence-electron chi connectivity index (χ0n) is 13.4. The van der Waals surface area contributed by atoms with E-state index in [4.69, 9.17) is 0 Å². The third-order valence-corrected chi connectivity index (χ3v) is 3.66. The van der Waals surface area contributed by atoms with Gasteiger partial charge in [0.2, 0.25) is 0 Å². The molecule has 1 atom stereocenters. The van der Waals surface area contributed by atoms with Crippen molar-refractivity contribution in [2.75, 3.05) is 14.1 Å². The molecular formula is C18H21FN2O2. The molecule has 2 rings (SSSR count). The molecule has 2 aromatic rings. The number of amides is 1. The second-order valence-corrected chi connectivity index (χ2v) is 5.69. The molecule has 0 radical (unpaired) electrons. The van der Waals surface area contributed by atoms with E-state index in [2.05, 4.69) is 4.98 Å². The minimum atomic E-state index is -0.682. The summed E-state index contributed by atoms with van der Waals surface area (Å²) in [5.41, 5.74) is 1.63. The number of hydrogen-bond acceptors (Lipinski definition) is 3. The van der Waals surface area contributed by atoms with Gasteiger partial charge in [0.25, 0.3) is 5.91 Å². The van der Waals surface area contributed by atoms with Gasteiger partial charge >= 0.3 is 0 Å². The third-order valence-electron chi connectivity index (χ3n) is 3.66. The number of halogens is 1. The van der Waals surface area contributed by atoms with Gasteiger partial charge < -0.3 is 10.0 Å². The Hall–Kier alpha value is -2.27. The maximum absolute atomic E-state index is 13.6. The predicted molar refractivity (Wildman–Crippen MR) is 86.7 cm³/mol. The monoisotopic (exact) mass is 316 g/mol. The smallest absolute Gasteiger partial charge is 0.255 e. The van der Waals surface area contributed by atoms with Gasteiger partial charge in [-0.25, -0.2) is 4.39 Å². The molecular weight excluding hydrogens is 295 g/mol. The largest absolute Gasteiger partial charge is 0.393 e. The molecule has 1 heterocycles. The van der Waals surface area contributed by atoms with Crippen molar-refractivity contribution >= 4 is 5.91 Å². The number of aliphatic hydroxyl groups is 1. The van der Waals surface area contributed by atoms with Gasteiger partial charge in [0, 0.05) is 26.7 Å². The quantitative estimate of drug-likeness (QED) is 0.890. The van der Waals surface area contributed by atoms with Crippen LogP contribution in [0.1, 0.15) is 28.0 Å². The van der Waals surface area contributed by atoms with Gasteiger partial charge in [0.1, 0.15) is 5.82 Å². The lowest BCUT2D eigenvalue weighted by atomic mass is 10.0. The molecule has 0 saturated carbocycles. The van der Waals surface area contributed by atoms with Crippen molar-refractivity contribution in [1.82, 2.24) is 9.88 Å². The highest BCUT2D eigenvalue weighted by molar-refractivity contribution is 5.94. The molecule has 122 valence electrons. The fourth-order valence-electron chi connectivity index (χ4n) is 2.38. The molecule has 5 heteroatoms. The number of aromatic nitrogens is 1. The van der Waals surface area contributed by atoms with Crippen molar-refractivity contribution in [3.63, 3.8) is 0 Å². The van der Waals surface area contributed by atoms with Gasteiger partial charge in [0.15, 0.2) is 0 Å². The van der Waals surface area contributed by atoms with E-state index < -0.39 is 6.10 Å². The fraction of sp³-hybridized carbons (Fsp3) is 0.333. The Morgan fingerprint density at radius 2 is 2.00 bits per heavy atom. The van der Waals surface area contributed by atoms with Crippen molar-refractivity contribution in [2.45, 2.75) is 25.4 Å². The minimum absolute atomic E-state index is 0.144. The van der Waals surface area contributed by atoms with E-state index in [1.807, 2.05) is 0 Å². The zero-order chi connectivity index (χ0) is 16.8. The lowest BCUT2D eigenvalue weighted by Crippen LogP contribution is -2.25. The molecule has 4 nitrogen and oxygen atoms in total. The first-order valence-electron chi connectivity index (χ1n) is 7.56. The van der Waals surface area contributed by atoms with Crippen LogP contribution in [0.3, 0.4) is 0 Å². The SMILES string of the molecule is CN(C)C(=O)c1cccnc1C[C@H](O)CCc1ccccc1F. The summed E-state index contributed by atoms with van der Waals surface area (Å²) >= 11 is 0. The van der Waals surface area contributed by atoms with E-state index in [0.29, 0.717) is 29.7 Å². The van der Waals surface area contributed by atoms with Crippen molar-refractivity contribution in [3.05, 3.63) is 65.2 Å². The Labute approximate surface area is 135 Å². The number of carbonyl (C=O) groups is 1. The Morgan fingerprint density at radius 1 is 1.26 bits per heavy atom. The summed E-state index contributed by atoms with van der Waals surface area (Å²) in [5.74, 6) is -0.407. The number of aliphatic hydroxyl groups excluding tert-OH is 1. The first-order chi connectivity index (χ1) is 11.0. The van der Waals surface area contributed by atoms with E-state index in [0.717, 1.165) is 0 Å². The fourth-order valence-corrected chi connectivity index (χ4v) is 2.38. The van der Waals surface area contributed by atoms with Crippen LogP contribution in [0.2, 0.25) is 0 Å². The molecule has 0 unspecified atom stereocenters. The molecule has 0 aliphatic carbocycles. The average molecular weight is 316 g/mol. The number of aryl methyl sites for hydroxylation is 1. The van der Waals surface area contributed by atoms with Crippen LogP contribution in [-0.4, -0.2) is 41.1 Å². The second kappa shape index (κ2) is 7.83. The molecule has 0 bridgehead atoms. The van der Waals surface area contributed by atoms with Crippen molar-refractivity contribution in [1.29, 1.82) is 0 Å². The molecule has 0 fully saturated rings. The molecule has 0 aliphatic heterocycles. The van der Waals surface area contributed by atoms with Gasteiger partial charge in [-0.15, -0.1) is 0 Å². The van der Waals surface area contributed by atoms with E-state index in [-0.39, 0.29) is 18.1 Å². The van der Waals surface area contributed by atoms with Gasteiger partial charge in [-0.05, 0) is 36.6 Å². The third kappa shape index (κ3) is 4.60. The molecule has 23 heavy (non-hydrogen) atoms. The molecule has 1 aromatic carbocycles. The maximum Gasteiger partial charge on any atom is 0.255 e. The Bertz CT molecular complexity index is 674. The molecule has 1 N–H and O–H groups in total. The first-order valence-corrected chi connectivity index (χ1v) is 7.56. The van der Waals surface area contributed by atoms with Crippen molar-refractivity contribution in [2.24, 2.45) is 0 Å². The van der Waals surface area contributed by atoms with Crippen molar-refractivity contribution < 1.29 is 14.3 Å². The molecule has 1 aromatic heterocycles. The second-order valence-electron chi connectivity index (χ2n) is 5.69. The number of benzene rings is 1. The number of carbonyl (C=O) groups excluding carboxylic acids is 1.